The zero-order chi connectivity index (χ0) is 13.5. The number of carboxylic acids is 1. The second-order valence-corrected chi connectivity index (χ2v) is 5.31. The van der Waals surface area contributed by atoms with Crippen LogP contribution in [0.3, 0.4) is 0 Å². The average Bonchev–Trinajstić information content (AvgIpc) is 2.34. The summed E-state index contributed by atoms with van der Waals surface area (Å²) in [6.07, 6.45) is 0. The molecule has 0 saturated carbocycles. The summed E-state index contributed by atoms with van der Waals surface area (Å²) < 4.78 is 0. The van der Waals surface area contributed by atoms with Crippen molar-refractivity contribution in [2.75, 3.05) is 12.3 Å². The average molecular weight is 267 g/mol. The number of rotatable bonds is 6. The van der Waals surface area contributed by atoms with E-state index in [0.29, 0.717) is 17.4 Å². The highest BCUT2D eigenvalue weighted by Gasteiger charge is 2.11. The molecule has 5 heteroatoms. The molecule has 0 aromatic heterocycles. The van der Waals surface area contributed by atoms with Crippen LogP contribution in [0.5, 0.6) is 0 Å². The van der Waals surface area contributed by atoms with Gasteiger partial charge in [0.15, 0.2) is 0 Å². The van der Waals surface area contributed by atoms with E-state index in [4.69, 9.17) is 5.11 Å². The highest BCUT2D eigenvalue weighted by atomic mass is 32.2. The van der Waals surface area contributed by atoms with E-state index in [-0.39, 0.29) is 17.2 Å². The van der Waals surface area contributed by atoms with Crippen LogP contribution in [0.1, 0.15) is 24.2 Å². The predicted octanol–water partition coefficient (Wildman–Crippen LogP) is 2.25. The van der Waals surface area contributed by atoms with Gasteiger partial charge in [0.05, 0.1) is 11.3 Å². The van der Waals surface area contributed by atoms with Gasteiger partial charge in [0.2, 0.25) is 5.91 Å². The van der Waals surface area contributed by atoms with Crippen molar-refractivity contribution in [1.29, 1.82) is 0 Å². The molecule has 0 fully saturated rings. The third kappa shape index (κ3) is 4.79. The Labute approximate surface area is 111 Å². The second-order valence-electron chi connectivity index (χ2n) is 4.29. The standard InChI is InChI=1S/C13H17NO3S/c1-9(2)7-14-12(15)8-18-11-6-4-3-5-10(11)13(16)17/h3-6,9H,7-8H2,1-2H3,(H,14,15)(H,16,17). The van der Waals surface area contributed by atoms with Crippen molar-refractivity contribution in [1.82, 2.24) is 5.32 Å². The molecule has 0 bridgehead atoms. The molecular weight excluding hydrogens is 250 g/mol. The van der Waals surface area contributed by atoms with Gasteiger partial charge in [-0.15, -0.1) is 11.8 Å². The van der Waals surface area contributed by atoms with E-state index in [1.807, 2.05) is 13.8 Å². The first-order valence-electron chi connectivity index (χ1n) is 5.72. The first-order valence-corrected chi connectivity index (χ1v) is 6.71. The minimum absolute atomic E-state index is 0.0751. The fourth-order valence-electron chi connectivity index (χ4n) is 1.28. The molecule has 0 aliphatic carbocycles. The molecule has 1 aromatic carbocycles. The molecule has 0 atom stereocenters. The first kappa shape index (κ1) is 14.6. The van der Waals surface area contributed by atoms with Crippen molar-refractivity contribution < 1.29 is 14.7 Å². The molecule has 0 spiro atoms. The summed E-state index contributed by atoms with van der Waals surface area (Å²) >= 11 is 1.24. The molecule has 1 rings (SSSR count). The molecule has 0 aliphatic rings. The summed E-state index contributed by atoms with van der Waals surface area (Å²) in [4.78, 5) is 23.1. The first-order chi connectivity index (χ1) is 8.50. The number of benzene rings is 1. The van der Waals surface area contributed by atoms with E-state index >= 15 is 0 Å². The van der Waals surface area contributed by atoms with Crippen LogP contribution in [0.4, 0.5) is 0 Å². The normalized spacial score (nSPS) is 10.4. The zero-order valence-corrected chi connectivity index (χ0v) is 11.3. The topological polar surface area (TPSA) is 66.4 Å². The van der Waals surface area contributed by atoms with Gasteiger partial charge in [-0.25, -0.2) is 4.79 Å². The minimum Gasteiger partial charge on any atom is -0.478 e. The number of carbonyl (C=O) groups excluding carboxylic acids is 1. The maximum atomic E-state index is 11.5. The van der Waals surface area contributed by atoms with Crippen molar-refractivity contribution in [3.05, 3.63) is 29.8 Å². The number of carboxylic acid groups (broad SMARTS) is 1. The lowest BCUT2D eigenvalue weighted by atomic mass is 10.2. The Balaban J connectivity index is 2.53. The number of amides is 1. The fourth-order valence-corrected chi connectivity index (χ4v) is 2.16. The Bertz CT molecular complexity index is 432. The summed E-state index contributed by atoms with van der Waals surface area (Å²) in [5.74, 6) is -0.406. The van der Waals surface area contributed by atoms with Gasteiger partial charge in [-0.2, -0.15) is 0 Å². The van der Waals surface area contributed by atoms with E-state index in [0.717, 1.165) is 0 Å². The summed E-state index contributed by atoms with van der Waals surface area (Å²) in [6, 6.07) is 6.69. The van der Waals surface area contributed by atoms with Gasteiger partial charge >= 0.3 is 5.97 Å². The summed E-state index contributed by atoms with van der Waals surface area (Å²) in [5.41, 5.74) is 0.235. The number of carbonyl (C=O) groups is 2. The van der Waals surface area contributed by atoms with Crippen LogP contribution in [0.15, 0.2) is 29.2 Å². The highest BCUT2D eigenvalue weighted by Crippen LogP contribution is 2.22. The molecule has 18 heavy (non-hydrogen) atoms. The van der Waals surface area contributed by atoms with Crippen LogP contribution in [-0.2, 0) is 4.79 Å². The van der Waals surface area contributed by atoms with Crippen molar-refractivity contribution in [2.24, 2.45) is 5.92 Å². The van der Waals surface area contributed by atoms with Crippen molar-refractivity contribution >= 4 is 23.6 Å². The number of hydrogen-bond acceptors (Lipinski definition) is 3. The maximum absolute atomic E-state index is 11.5. The lowest BCUT2D eigenvalue weighted by molar-refractivity contribution is -0.118. The predicted molar refractivity (Wildman–Crippen MR) is 72.0 cm³/mol. The molecule has 0 radical (unpaired) electrons. The molecule has 0 saturated heterocycles. The largest absolute Gasteiger partial charge is 0.478 e. The Morgan fingerprint density at radius 2 is 2.00 bits per heavy atom. The van der Waals surface area contributed by atoms with E-state index in [2.05, 4.69) is 5.32 Å². The van der Waals surface area contributed by atoms with E-state index in [1.165, 1.54) is 17.8 Å². The lowest BCUT2D eigenvalue weighted by Gasteiger charge is -2.08. The van der Waals surface area contributed by atoms with Crippen LogP contribution in [0, 0.1) is 5.92 Å². The van der Waals surface area contributed by atoms with Crippen LogP contribution >= 0.6 is 11.8 Å². The SMILES string of the molecule is CC(C)CNC(=O)CSc1ccccc1C(=O)O. The molecule has 4 nitrogen and oxygen atoms in total. The molecule has 1 amide bonds. The Morgan fingerprint density at radius 3 is 2.61 bits per heavy atom. The van der Waals surface area contributed by atoms with Gasteiger partial charge in [0.1, 0.15) is 0 Å². The minimum atomic E-state index is -0.972. The smallest absolute Gasteiger partial charge is 0.336 e. The molecular formula is C13H17NO3S. The Morgan fingerprint density at radius 1 is 1.33 bits per heavy atom. The number of nitrogens with one attached hydrogen (secondary N) is 1. The molecule has 0 heterocycles. The van der Waals surface area contributed by atoms with Crippen LogP contribution < -0.4 is 5.32 Å². The molecule has 2 N–H and O–H groups in total. The summed E-state index contributed by atoms with van der Waals surface area (Å²) in [7, 11) is 0. The Kier molecular flexibility index (Phi) is 5.71. The van der Waals surface area contributed by atoms with Crippen LogP contribution in [-0.4, -0.2) is 29.3 Å². The van der Waals surface area contributed by atoms with Crippen LogP contribution in [0.2, 0.25) is 0 Å². The molecule has 98 valence electrons. The number of hydrogen-bond donors (Lipinski definition) is 2. The Hall–Kier alpha value is -1.49. The quantitative estimate of drug-likeness (QED) is 0.776. The highest BCUT2D eigenvalue weighted by molar-refractivity contribution is 8.00. The zero-order valence-electron chi connectivity index (χ0n) is 10.5. The van der Waals surface area contributed by atoms with Gasteiger partial charge in [-0.1, -0.05) is 26.0 Å². The molecule has 0 unspecified atom stereocenters. The van der Waals surface area contributed by atoms with Gasteiger partial charge < -0.3 is 10.4 Å². The monoisotopic (exact) mass is 267 g/mol. The number of thioether (sulfide) groups is 1. The van der Waals surface area contributed by atoms with Gasteiger partial charge in [-0.05, 0) is 18.1 Å². The summed E-state index contributed by atoms with van der Waals surface area (Å²) in [6.45, 7) is 4.68. The van der Waals surface area contributed by atoms with E-state index in [9.17, 15) is 9.59 Å². The number of aromatic carboxylic acids is 1. The van der Waals surface area contributed by atoms with Gasteiger partial charge in [-0.3, -0.25) is 4.79 Å². The third-order valence-electron chi connectivity index (χ3n) is 2.18. The second kappa shape index (κ2) is 7.06. The summed E-state index contributed by atoms with van der Waals surface area (Å²) in [5, 5.41) is 11.8. The molecule has 1 aromatic rings. The lowest BCUT2D eigenvalue weighted by Crippen LogP contribution is -2.28. The maximum Gasteiger partial charge on any atom is 0.336 e. The van der Waals surface area contributed by atoms with E-state index in [1.54, 1.807) is 18.2 Å². The van der Waals surface area contributed by atoms with E-state index < -0.39 is 5.97 Å². The fraction of sp³-hybridized carbons (Fsp3) is 0.385. The third-order valence-corrected chi connectivity index (χ3v) is 3.26. The van der Waals surface area contributed by atoms with Crippen molar-refractivity contribution in [3.63, 3.8) is 0 Å². The molecule has 0 aliphatic heterocycles. The van der Waals surface area contributed by atoms with Gasteiger partial charge in [0, 0.05) is 11.4 Å². The van der Waals surface area contributed by atoms with Gasteiger partial charge in [0.25, 0.3) is 0 Å². The van der Waals surface area contributed by atoms with Crippen molar-refractivity contribution in [2.45, 2.75) is 18.7 Å². The van der Waals surface area contributed by atoms with Crippen molar-refractivity contribution in [3.8, 4) is 0 Å². The van der Waals surface area contributed by atoms with Crippen LogP contribution in [0.25, 0.3) is 0 Å².